The summed E-state index contributed by atoms with van der Waals surface area (Å²) in [6.07, 6.45) is 83.9. The molecule has 0 heterocycles. The van der Waals surface area contributed by atoms with Crippen LogP contribution in [0, 0.1) is 0 Å². The first-order chi connectivity index (χ1) is 38.0. The molecule has 0 aromatic rings. The number of rotatable bonds is 66. The third-order valence-electron chi connectivity index (χ3n) is 16.5. The molecule has 77 heavy (non-hydrogen) atoms. The van der Waals surface area contributed by atoms with Gasteiger partial charge in [0, 0.05) is 12.8 Å². The molecule has 3 N–H and O–H groups in total. The number of carbonyl (C=O) groups is 2. The minimum Gasteiger partial charge on any atom is -0.466 e. The third-order valence-corrected chi connectivity index (χ3v) is 16.5. The summed E-state index contributed by atoms with van der Waals surface area (Å²) < 4.78 is 5.50. The number of esters is 1. The van der Waals surface area contributed by atoms with Gasteiger partial charge in [-0.25, -0.2) is 0 Å². The van der Waals surface area contributed by atoms with E-state index >= 15 is 0 Å². The van der Waals surface area contributed by atoms with Gasteiger partial charge in [0.15, 0.2) is 0 Å². The highest BCUT2D eigenvalue weighted by atomic mass is 16.5. The summed E-state index contributed by atoms with van der Waals surface area (Å²) in [5.74, 6) is -0.0646. The lowest BCUT2D eigenvalue weighted by molar-refractivity contribution is -0.143. The van der Waals surface area contributed by atoms with Gasteiger partial charge in [-0.2, -0.15) is 0 Å². The van der Waals surface area contributed by atoms with Crippen molar-refractivity contribution in [2.45, 2.75) is 405 Å². The molecule has 6 nitrogen and oxygen atoms in total. The van der Waals surface area contributed by atoms with Crippen molar-refractivity contribution in [3.05, 3.63) is 24.3 Å². The van der Waals surface area contributed by atoms with Crippen LogP contribution < -0.4 is 5.32 Å². The Morgan fingerprint density at radius 1 is 0.351 bits per heavy atom. The van der Waals surface area contributed by atoms with E-state index in [1.807, 2.05) is 6.08 Å². The Bertz CT molecular complexity index is 1200. The van der Waals surface area contributed by atoms with E-state index in [0.717, 1.165) is 44.9 Å². The van der Waals surface area contributed by atoms with Gasteiger partial charge in [0.05, 0.1) is 25.4 Å². The van der Waals surface area contributed by atoms with Gasteiger partial charge in [-0.05, 0) is 57.8 Å². The Hall–Kier alpha value is -1.66. The number of aliphatic hydroxyl groups excluding tert-OH is 2. The van der Waals surface area contributed by atoms with E-state index in [0.29, 0.717) is 19.4 Å². The molecule has 0 fully saturated rings. The number of allylic oxidation sites excluding steroid dienone is 3. The largest absolute Gasteiger partial charge is 0.466 e. The van der Waals surface area contributed by atoms with Crippen molar-refractivity contribution in [1.82, 2.24) is 5.32 Å². The second-order valence-electron chi connectivity index (χ2n) is 24.2. The molecule has 0 aliphatic carbocycles. The summed E-state index contributed by atoms with van der Waals surface area (Å²) in [6, 6.07) is -0.636. The normalized spacial score (nSPS) is 12.6. The highest BCUT2D eigenvalue weighted by Crippen LogP contribution is 2.19. The fraction of sp³-hybridized carbons (Fsp3) is 0.915. The second kappa shape index (κ2) is 66.8. The number of aliphatic hydroxyl groups is 2. The van der Waals surface area contributed by atoms with Gasteiger partial charge in [0.25, 0.3) is 0 Å². The highest BCUT2D eigenvalue weighted by molar-refractivity contribution is 5.76. The summed E-state index contributed by atoms with van der Waals surface area (Å²) in [5.41, 5.74) is 0. The van der Waals surface area contributed by atoms with E-state index in [4.69, 9.17) is 4.74 Å². The molecule has 0 aliphatic heterocycles. The average molecular weight is 1080 g/mol. The summed E-state index contributed by atoms with van der Waals surface area (Å²) >= 11 is 0. The van der Waals surface area contributed by atoms with Crippen molar-refractivity contribution in [2.24, 2.45) is 0 Å². The van der Waals surface area contributed by atoms with E-state index in [1.54, 1.807) is 6.08 Å². The molecule has 2 atom stereocenters. The zero-order valence-corrected chi connectivity index (χ0v) is 52.2. The predicted octanol–water partition coefficient (Wildman–Crippen LogP) is 22.5. The SMILES string of the molecule is CCCCCCCCCCCCCCCCCCCCCC/C=C/C(O)C(CO)NC(=O)CCCCCCCCC/C=C\CCCCCCCCCCOC(=O)CCCCCCCCCCCCCCCCCCCCC. The minimum atomic E-state index is -0.852. The van der Waals surface area contributed by atoms with Gasteiger partial charge in [-0.3, -0.25) is 9.59 Å². The Balaban J connectivity index is 3.44. The first-order valence-electron chi connectivity index (χ1n) is 35.1. The zero-order valence-electron chi connectivity index (χ0n) is 52.2. The van der Waals surface area contributed by atoms with Crippen LogP contribution in [0.5, 0.6) is 0 Å². The Morgan fingerprint density at radius 3 is 0.922 bits per heavy atom. The van der Waals surface area contributed by atoms with Crippen LogP contribution in [0.2, 0.25) is 0 Å². The maximum atomic E-state index is 12.5. The quantitative estimate of drug-likeness (QED) is 0.0320. The van der Waals surface area contributed by atoms with Crippen LogP contribution in [0.1, 0.15) is 393 Å². The number of carbonyl (C=O) groups excluding carboxylic acids is 2. The molecule has 6 heteroatoms. The summed E-state index contributed by atoms with van der Waals surface area (Å²) in [4.78, 5) is 24.6. The standard InChI is InChI=1S/C71H137NO5/c1-3-5-7-9-11-13-15-17-19-21-23-24-25-28-31-35-39-43-47-51-55-59-63-69(74)68(67-73)72-70(75)64-60-56-52-48-44-40-36-32-29-26-30-34-38-42-46-50-54-58-62-66-77-71(76)65-61-57-53-49-45-41-37-33-27-22-20-18-16-14-12-10-8-6-4-2/h26,29,59,63,68-69,73-74H,3-25,27-28,30-58,60-62,64-67H2,1-2H3,(H,72,75)/b29-26-,63-59+. The Morgan fingerprint density at radius 2 is 0.610 bits per heavy atom. The zero-order chi connectivity index (χ0) is 55.7. The monoisotopic (exact) mass is 1080 g/mol. The fourth-order valence-electron chi connectivity index (χ4n) is 11.1. The van der Waals surface area contributed by atoms with Crippen molar-refractivity contribution in [3.63, 3.8) is 0 Å². The molecule has 1 amide bonds. The van der Waals surface area contributed by atoms with Crippen LogP contribution in [0.4, 0.5) is 0 Å². The van der Waals surface area contributed by atoms with Crippen molar-refractivity contribution < 1.29 is 24.5 Å². The molecule has 0 bridgehead atoms. The lowest BCUT2D eigenvalue weighted by Crippen LogP contribution is -2.45. The smallest absolute Gasteiger partial charge is 0.305 e. The van der Waals surface area contributed by atoms with Crippen LogP contribution in [-0.2, 0) is 14.3 Å². The lowest BCUT2D eigenvalue weighted by Gasteiger charge is -2.20. The van der Waals surface area contributed by atoms with Gasteiger partial charge in [-0.1, -0.05) is 346 Å². The van der Waals surface area contributed by atoms with E-state index in [1.165, 1.54) is 321 Å². The molecule has 0 aliphatic rings. The van der Waals surface area contributed by atoms with E-state index in [2.05, 4.69) is 31.3 Å². The van der Waals surface area contributed by atoms with Crippen LogP contribution in [0.25, 0.3) is 0 Å². The van der Waals surface area contributed by atoms with Crippen LogP contribution in [-0.4, -0.2) is 47.4 Å². The molecule has 0 radical (unpaired) electrons. The summed E-state index contributed by atoms with van der Waals surface area (Å²) in [5, 5.41) is 23.2. The van der Waals surface area contributed by atoms with Gasteiger partial charge >= 0.3 is 5.97 Å². The van der Waals surface area contributed by atoms with Crippen molar-refractivity contribution in [1.29, 1.82) is 0 Å². The lowest BCUT2D eigenvalue weighted by atomic mass is 10.0. The number of hydrogen-bond acceptors (Lipinski definition) is 5. The van der Waals surface area contributed by atoms with Gasteiger partial charge < -0.3 is 20.3 Å². The topological polar surface area (TPSA) is 95.9 Å². The molecule has 2 unspecified atom stereocenters. The summed E-state index contributed by atoms with van der Waals surface area (Å²) in [6.45, 7) is 4.94. The van der Waals surface area contributed by atoms with Gasteiger partial charge in [0.1, 0.15) is 0 Å². The Labute approximate surface area is 481 Å². The van der Waals surface area contributed by atoms with E-state index in [-0.39, 0.29) is 18.5 Å². The number of hydrogen-bond donors (Lipinski definition) is 3. The molecule has 0 saturated carbocycles. The number of nitrogens with one attached hydrogen (secondary N) is 1. The maximum Gasteiger partial charge on any atom is 0.305 e. The van der Waals surface area contributed by atoms with Crippen LogP contribution >= 0.6 is 0 Å². The molecular formula is C71H137NO5. The second-order valence-corrected chi connectivity index (χ2v) is 24.2. The van der Waals surface area contributed by atoms with Crippen molar-refractivity contribution >= 4 is 11.9 Å². The fourth-order valence-corrected chi connectivity index (χ4v) is 11.1. The number of ether oxygens (including phenoxy) is 1. The van der Waals surface area contributed by atoms with Gasteiger partial charge in [0.2, 0.25) is 5.91 Å². The maximum absolute atomic E-state index is 12.5. The van der Waals surface area contributed by atoms with Crippen LogP contribution in [0.15, 0.2) is 24.3 Å². The number of amides is 1. The van der Waals surface area contributed by atoms with Crippen molar-refractivity contribution in [3.8, 4) is 0 Å². The van der Waals surface area contributed by atoms with Crippen LogP contribution in [0.3, 0.4) is 0 Å². The van der Waals surface area contributed by atoms with E-state index in [9.17, 15) is 19.8 Å². The predicted molar refractivity (Wildman–Crippen MR) is 338 cm³/mol. The van der Waals surface area contributed by atoms with Gasteiger partial charge in [-0.15, -0.1) is 0 Å². The minimum absolute atomic E-state index is 0.00893. The molecule has 456 valence electrons. The number of unbranched alkanes of at least 4 members (excludes halogenated alkanes) is 53. The molecule has 0 rings (SSSR count). The Kier molecular flexibility index (Phi) is 65.4. The molecule has 0 aromatic heterocycles. The average Bonchev–Trinajstić information content (AvgIpc) is 3.43. The first-order valence-corrected chi connectivity index (χ1v) is 35.1. The van der Waals surface area contributed by atoms with Crippen molar-refractivity contribution in [2.75, 3.05) is 13.2 Å². The highest BCUT2D eigenvalue weighted by Gasteiger charge is 2.18. The summed E-state index contributed by atoms with van der Waals surface area (Å²) in [7, 11) is 0. The molecule has 0 aromatic carbocycles. The molecule has 0 spiro atoms. The molecule has 0 saturated heterocycles. The first kappa shape index (κ1) is 75.3. The third kappa shape index (κ3) is 63.4. The van der Waals surface area contributed by atoms with E-state index < -0.39 is 12.1 Å². The molecular weight excluding hydrogens is 947 g/mol.